The Bertz CT molecular complexity index is 1370. The summed E-state index contributed by atoms with van der Waals surface area (Å²) in [6.45, 7) is 6.12. The van der Waals surface area contributed by atoms with Crippen molar-refractivity contribution in [1.82, 2.24) is 0 Å². The van der Waals surface area contributed by atoms with Gasteiger partial charge in [-0.25, -0.2) is 12.8 Å². The molecule has 0 bridgehead atoms. The molecule has 198 valence electrons. The summed E-state index contributed by atoms with van der Waals surface area (Å²) in [6.07, 6.45) is 3.36. The summed E-state index contributed by atoms with van der Waals surface area (Å²) in [5.74, 6) is 0.460. The second-order valence-electron chi connectivity index (χ2n) is 9.26. The Labute approximate surface area is 217 Å². The molecule has 3 aromatic rings. The molecule has 0 saturated carbocycles. The van der Waals surface area contributed by atoms with Crippen LogP contribution in [0.1, 0.15) is 37.5 Å². The molecule has 0 aliphatic rings. The third-order valence-corrected chi connectivity index (χ3v) is 7.08. The largest absolute Gasteiger partial charge is 0.493 e. The Morgan fingerprint density at radius 3 is 1.73 bits per heavy atom. The Morgan fingerprint density at radius 1 is 0.757 bits per heavy atom. The van der Waals surface area contributed by atoms with Gasteiger partial charge in [0.2, 0.25) is 5.75 Å². The zero-order chi connectivity index (χ0) is 27.4. The fourth-order valence-corrected chi connectivity index (χ4v) is 4.78. The van der Waals surface area contributed by atoms with Crippen molar-refractivity contribution in [1.29, 1.82) is 0 Å². The standard InChI is InChI=1S/C28H32FNO6S/c1-28(2,3)20-10-12-21(13-11-20)37(31,32)30-23-15-18(14-22(29)26(23)35-6)8-9-19-16-24(33-4)27(36-7)25(17-19)34-5/h8-17,30H,1-7H3. The monoisotopic (exact) mass is 529 g/mol. The number of ether oxygens (including phenoxy) is 4. The zero-order valence-corrected chi connectivity index (χ0v) is 22.8. The smallest absolute Gasteiger partial charge is 0.262 e. The van der Waals surface area contributed by atoms with Crippen molar-refractivity contribution in [2.75, 3.05) is 33.2 Å². The summed E-state index contributed by atoms with van der Waals surface area (Å²) in [7, 11) is 1.81. The maximum atomic E-state index is 14.9. The Morgan fingerprint density at radius 2 is 1.27 bits per heavy atom. The van der Waals surface area contributed by atoms with Gasteiger partial charge in [0.25, 0.3) is 10.0 Å². The van der Waals surface area contributed by atoms with Crippen molar-refractivity contribution in [2.45, 2.75) is 31.1 Å². The Kier molecular flexibility index (Phi) is 8.38. The number of nitrogens with one attached hydrogen (secondary N) is 1. The summed E-state index contributed by atoms with van der Waals surface area (Å²) in [5, 5.41) is 0. The average Bonchev–Trinajstić information content (AvgIpc) is 2.86. The van der Waals surface area contributed by atoms with Crippen LogP contribution < -0.4 is 23.7 Å². The van der Waals surface area contributed by atoms with Gasteiger partial charge in [-0.3, -0.25) is 4.72 Å². The first-order valence-corrected chi connectivity index (χ1v) is 12.9. The van der Waals surface area contributed by atoms with E-state index >= 15 is 0 Å². The molecule has 0 heterocycles. The van der Waals surface area contributed by atoms with Crippen molar-refractivity contribution >= 4 is 27.9 Å². The van der Waals surface area contributed by atoms with E-state index in [1.807, 2.05) is 20.8 Å². The van der Waals surface area contributed by atoms with Gasteiger partial charge >= 0.3 is 0 Å². The van der Waals surface area contributed by atoms with E-state index in [4.69, 9.17) is 18.9 Å². The molecular formula is C28H32FNO6S. The molecule has 7 nitrogen and oxygen atoms in total. The lowest BCUT2D eigenvalue weighted by Gasteiger charge is -2.19. The molecule has 0 atom stereocenters. The summed E-state index contributed by atoms with van der Waals surface area (Å²) in [6, 6.07) is 12.8. The molecule has 3 aromatic carbocycles. The Balaban J connectivity index is 1.97. The van der Waals surface area contributed by atoms with Crippen LogP contribution >= 0.6 is 0 Å². The summed E-state index contributed by atoms with van der Waals surface area (Å²) >= 11 is 0. The maximum Gasteiger partial charge on any atom is 0.262 e. The first kappa shape index (κ1) is 27.9. The highest BCUT2D eigenvalue weighted by atomic mass is 32.2. The molecule has 37 heavy (non-hydrogen) atoms. The van der Waals surface area contributed by atoms with E-state index in [0.717, 1.165) is 5.56 Å². The van der Waals surface area contributed by atoms with E-state index in [-0.39, 0.29) is 21.7 Å². The number of hydrogen-bond acceptors (Lipinski definition) is 6. The van der Waals surface area contributed by atoms with Gasteiger partial charge in [0.15, 0.2) is 23.1 Å². The minimum atomic E-state index is -4.00. The molecule has 1 N–H and O–H groups in total. The predicted molar refractivity (Wildman–Crippen MR) is 144 cm³/mol. The Hall–Kier alpha value is -3.72. The molecule has 3 rings (SSSR count). The van der Waals surface area contributed by atoms with E-state index in [2.05, 4.69) is 4.72 Å². The van der Waals surface area contributed by atoms with Crippen molar-refractivity contribution in [3.05, 3.63) is 71.0 Å². The molecule has 0 aliphatic heterocycles. The third-order valence-electron chi connectivity index (χ3n) is 5.70. The quantitative estimate of drug-likeness (QED) is 0.336. The number of sulfonamides is 1. The fourth-order valence-electron chi connectivity index (χ4n) is 3.72. The van der Waals surface area contributed by atoms with Crippen LogP contribution in [0, 0.1) is 5.82 Å². The van der Waals surface area contributed by atoms with E-state index in [1.54, 1.807) is 36.4 Å². The van der Waals surface area contributed by atoms with Gasteiger partial charge in [0, 0.05) is 0 Å². The third kappa shape index (κ3) is 6.35. The molecule has 0 unspecified atom stereocenters. The van der Waals surface area contributed by atoms with Crippen molar-refractivity contribution in [2.24, 2.45) is 0 Å². The highest BCUT2D eigenvalue weighted by Gasteiger charge is 2.21. The lowest BCUT2D eigenvalue weighted by Crippen LogP contribution is -2.15. The van der Waals surface area contributed by atoms with Gasteiger partial charge < -0.3 is 18.9 Å². The van der Waals surface area contributed by atoms with Crippen LogP contribution in [-0.4, -0.2) is 36.9 Å². The van der Waals surface area contributed by atoms with Crippen molar-refractivity contribution in [3.63, 3.8) is 0 Å². The zero-order valence-electron chi connectivity index (χ0n) is 22.0. The summed E-state index contributed by atoms with van der Waals surface area (Å²) < 4.78 is 64.7. The van der Waals surface area contributed by atoms with Crippen LogP contribution in [0.4, 0.5) is 10.1 Å². The highest BCUT2D eigenvalue weighted by Crippen LogP contribution is 2.39. The minimum absolute atomic E-state index is 0.0214. The molecule has 9 heteroatoms. The maximum absolute atomic E-state index is 14.9. The average molecular weight is 530 g/mol. The topological polar surface area (TPSA) is 83.1 Å². The first-order chi connectivity index (χ1) is 17.4. The summed E-state index contributed by atoms with van der Waals surface area (Å²) in [5.41, 5.74) is 1.96. The normalized spacial score (nSPS) is 11.9. The number of halogens is 1. The van der Waals surface area contributed by atoms with Crippen LogP contribution in [0.25, 0.3) is 12.2 Å². The van der Waals surface area contributed by atoms with Gasteiger partial charge in [0.05, 0.1) is 39.0 Å². The van der Waals surface area contributed by atoms with Gasteiger partial charge in [0.1, 0.15) is 0 Å². The van der Waals surface area contributed by atoms with Gasteiger partial charge in [-0.15, -0.1) is 0 Å². The van der Waals surface area contributed by atoms with Crippen LogP contribution in [0.3, 0.4) is 0 Å². The fraction of sp³-hybridized carbons (Fsp3) is 0.286. The molecule has 0 amide bonds. The molecule has 0 saturated heterocycles. The summed E-state index contributed by atoms with van der Waals surface area (Å²) in [4.78, 5) is 0.0568. The van der Waals surface area contributed by atoms with E-state index in [1.165, 1.54) is 52.7 Å². The number of rotatable bonds is 9. The molecule has 0 radical (unpaired) electrons. The van der Waals surface area contributed by atoms with Crippen molar-refractivity contribution < 1.29 is 31.8 Å². The van der Waals surface area contributed by atoms with E-state index in [0.29, 0.717) is 28.4 Å². The number of anilines is 1. The lowest BCUT2D eigenvalue weighted by atomic mass is 9.87. The van der Waals surface area contributed by atoms with Crippen LogP contribution in [-0.2, 0) is 15.4 Å². The van der Waals surface area contributed by atoms with Crippen molar-refractivity contribution in [3.8, 4) is 23.0 Å². The van der Waals surface area contributed by atoms with Gasteiger partial charge in [-0.1, -0.05) is 45.1 Å². The van der Waals surface area contributed by atoms with Gasteiger partial charge in [-0.05, 0) is 58.5 Å². The molecule has 0 fully saturated rings. The highest BCUT2D eigenvalue weighted by molar-refractivity contribution is 7.92. The van der Waals surface area contributed by atoms with Crippen LogP contribution in [0.2, 0.25) is 0 Å². The molecule has 0 aliphatic carbocycles. The van der Waals surface area contributed by atoms with Crippen LogP contribution in [0.15, 0.2) is 53.4 Å². The second-order valence-corrected chi connectivity index (χ2v) is 10.9. The van der Waals surface area contributed by atoms with Crippen LogP contribution in [0.5, 0.6) is 23.0 Å². The minimum Gasteiger partial charge on any atom is -0.493 e. The molecule has 0 aromatic heterocycles. The second kappa shape index (κ2) is 11.1. The SMILES string of the molecule is COc1cc(C=Cc2cc(F)c(OC)c(NS(=O)(=O)c3ccc(C(C)(C)C)cc3)c2)cc(OC)c1OC. The van der Waals surface area contributed by atoms with E-state index in [9.17, 15) is 12.8 Å². The van der Waals surface area contributed by atoms with E-state index < -0.39 is 15.8 Å². The lowest BCUT2D eigenvalue weighted by molar-refractivity contribution is 0.324. The number of methoxy groups -OCH3 is 4. The predicted octanol–water partition coefficient (Wildman–Crippen LogP) is 6.13. The first-order valence-electron chi connectivity index (χ1n) is 11.4. The number of benzene rings is 3. The number of hydrogen-bond donors (Lipinski definition) is 1. The molecule has 0 spiro atoms. The van der Waals surface area contributed by atoms with Gasteiger partial charge in [-0.2, -0.15) is 0 Å². The molecular weight excluding hydrogens is 497 g/mol.